The zero-order valence-electron chi connectivity index (χ0n) is 17.2. The number of benzene rings is 2. The maximum absolute atomic E-state index is 12.9. The van der Waals surface area contributed by atoms with E-state index in [1.807, 2.05) is 4.90 Å². The minimum atomic E-state index is 0.0152. The summed E-state index contributed by atoms with van der Waals surface area (Å²) in [4.78, 5) is 22.0. The fourth-order valence-electron chi connectivity index (χ4n) is 3.75. The maximum atomic E-state index is 12.9. The largest absolute Gasteiger partial charge is 0.493 e. The lowest BCUT2D eigenvalue weighted by atomic mass is 10.1. The van der Waals surface area contributed by atoms with Gasteiger partial charge in [-0.15, -0.1) is 0 Å². The van der Waals surface area contributed by atoms with Crippen LogP contribution in [0.15, 0.2) is 30.3 Å². The van der Waals surface area contributed by atoms with E-state index in [9.17, 15) is 4.79 Å². The molecule has 29 heavy (non-hydrogen) atoms. The standard InChI is InChI=1S/C22H25N3O3S/c1-14-11-15(2)20-19(12-14)29-22(23-20)25-9-7-24(8-10-25)21(26)16-5-6-17(27-3)18(13-16)28-4/h5-6,11-13H,7-10H2,1-4H3. The van der Waals surface area contributed by atoms with Crippen molar-refractivity contribution < 1.29 is 14.3 Å². The van der Waals surface area contributed by atoms with Gasteiger partial charge in [0.05, 0.1) is 24.4 Å². The van der Waals surface area contributed by atoms with E-state index in [-0.39, 0.29) is 5.91 Å². The number of fused-ring (bicyclic) bond motifs is 1. The predicted octanol–water partition coefficient (Wildman–Crippen LogP) is 3.89. The lowest BCUT2D eigenvalue weighted by Crippen LogP contribution is -2.48. The molecule has 0 unspecified atom stereocenters. The van der Waals surface area contributed by atoms with Gasteiger partial charge in [0.1, 0.15) is 0 Å². The zero-order valence-corrected chi connectivity index (χ0v) is 18.0. The molecule has 2 aromatic carbocycles. The number of piperazine rings is 1. The van der Waals surface area contributed by atoms with Gasteiger partial charge in [-0.05, 0) is 49.2 Å². The number of carbonyl (C=O) groups is 1. The lowest BCUT2D eigenvalue weighted by Gasteiger charge is -2.34. The van der Waals surface area contributed by atoms with Crippen molar-refractivity contribution in [1.29, 1.82) is 0 Å². The molecule has 0 saturated carbocycles. The average molecular weight is 412 g/mol. The molecule has 1 fully saturated rings. The van der Waals surface area contributed by atoms with E-state index in [4.69, 9.17) is 14.5 Å². The van der Waals surface area contributed by atoms with Gasteiger partial charge in [0.2, 0.25) is 0 Å². The molecule has 152 valence electrons. The number of aromatic nitrogens is 1. The summed E-state index contributed by atoms with van der Waals surface area (Å²) in [5.74, 6) is 1.20. The summed E-state index contributed by atoms with van der Waals surface area (Å²) in [5, 5.41) is 1.03. The smallest absolute Gasteiger partial charge is 0.254 e. The molecule has 0 radical (unpaired) electrons. The molecule has 7 heteroatoms. The highest BCUT2D eigenvalue weighted by molar-refractivity contribution is 7.22. The summed E-state index contributed by atoms with van der Waals surface area (Å²) in [7, 11) is 3.16. The first-order valence-corrected chi connectivity index (χ1v) is 10.5. The van der Waals surface area contributed by atoms with Crippen LogP contribution in [-0.2, 0) is 0 Å². The van der Waals surface area contributed by atoms with Gasteiger partial charge >= 0.3 is 0 Å². The molecule has 1 aliphatic rings. The van der Waals surface area contributed by atoms with Crippen molar-refractivity contribution in [2.45, 2.75) is 13.8 Å². The zero-order chi connectivity index (χ0) is 20.5. The molecular weight excluding hydrogens is 386 g/mol. The van der Waals surface area contributed by atoms with E-state index in [0.29, 0.717) is 30.2 Å². The number of anilines is 1. The van der Waals surface area contributed by atoms with Crippen LogP contribution in [0, 0.1) is 13.8 Å². The van der Waals surface area contributed by atoms with Crippen molar-refractivity contribution in [1.82, 2.24) is 9.88 Å². The highest BCUT2D eigenvalue weighted by atomic mass is 32.1. The minimum absolute atomic E-state index is 0.0152. The monoisotopic (exact) mass is 411 g/mol. The molecule has 6 nitrogen and oxygen atoms in total. The molecule has 1 aromatic heterocycles. The third-order valence-electron chi connectivity index (χ3n) is 5.29. The second kappa shape index (κ2) is 7.91. The van der Waals surface area contributed by atoms with E-state index in [2.05, 4.69) is 30.9 Å². The number of rotatable bonds is 4. The van der Waals surface area contributed by atoms with E-state index in [1.165, 1.54) is 15.8 Å². The first-order chi connectivity index (χ1) is 14.0. The van der Waals surface area contributed by atoms with Gasteiger partial charge in [-0.3, -0.25) is 4.79 Å². The first-order valence-electron chi connectivity index (χ1n) is 9.64. The Hall–Kier alpha value is -2.80. The second-order valence-electron chi connectivity index (χ2n) is 7.27. The predicted molar refractivity (Wildman–Crippen MR) is 117 cm³/mol. The van der Waals surface area contributed by atoms with E-state index in [1.54, 1.807) is 43.8 Å². The topological polar surface area (TPSA) is 54.9 Å². The van der Waals surface area contributed by atoms with Crippen LogP contribution in [0.4, 0.5) is 5.13 Å². The van der Waals surface area contributed by atoms with Gasteiger partial charge in [0.15, 0.2) is 16.6 Å². The lowest BCUT2D eigenvalue weighted by molar-refractivity contribution is 0.0746. The molecule has 0 spiro atoms. The summed E-state index contributed by atoms with van der Waals surface area (Å²) < 4.78 is 11.8. The van der Waals surface area contributed by atoms with Crippen LogP contribution in [0.3, 0.4) is 0 Å². The highest BCUT2D eigenvalue weighted by Crippen LogP contribution is 2.32. The number of methoxy groups -OCH3 is 2. The normalized spacial score (nSPS) is 14.3. The quantitative estimate of drug-likeness (QED) is 0.652. The van der Waals surface area contributed by atoms with Gasteiger partial charge in [-0.25, -0.2) is 4.98 Å². The Morgan fingerprint density at radius 2 is 1.72 bits per heavy atom. The molecule has 3 aromatic rings. The molecule has 2 heterocycles. The van der Waals surface area contributed by atoms with Crippen LogP contribution in [0.1, 0.15) is 21.5 Å². The van der Waals surface area contributed by atoms with E-state index >= 15 is 0 Å². The van der Waals surface area contributed by atoms with Gasteiger partial charge in [-0.2, -0.15) is 0 Å². The van der Waals surface area contributed by atoms with Crippen LogP contribution in [0.5, 0.6) is 11.5 Å². The Morgan fingerprint density at radius 1 is 1.00 bits per heavy atom. The molecule has 0 N–H and O–H groups in total. The van der Waals surface area contributed by atoms with Crippen molar-refractivity contribution in [3.8, 4) is 11.5 Å². The Kier molecular flexibility index (Phi) is 5.32. The second-order valence-corrected chi connectivity index (χ2v) is 8.28. The summed E-state index contributed by atoms with van der Waals surface area (Å²) in [6, 6.07) is 9.67. The van der Waals surface area contributed by atoms with Crippen LogP contribution < -0.4 is 14.4 Å². The van der Waals surface area contributed by atoms with Crippen LogP contribution in [0.25, 0.3) is 10.2 Å². The molecule has 0 bridgehead atoms. The molecule has 0 aliphatic carbocycles. The third-order valence-corrected chi connectivity index (χ3v) is 6.35. The number of hydrogen-bond donors (Lipinski definition) is 0. The number of hydrogen-bond acceptors (Lipinski definition) is 6. The number of nitrogens with zero attached hydrogens (tertiary/aromatic N) is 3. The van der Waals surface area contributed by atoms with Crippen molar-refractivity contribution in [2.75, 3.05) is 45.3 Å². The molecule has 1 aliphatic heterocycles. The van der Waals surface area contributed by atoms with Crippen LogP contribution in [-0.4, -0.2) is 56.2 Å². The number of thiazole rings is 1. The molecule has 1 amide bonds. The Labute approximate surface area is 174 Å². The summed E-state index contributed by atoms with van der Waals surface area (Å²) in [5.41, 5.74) is 4.17. The van der Waals surface area contributed by atoms with Gasteiger partial charge in [0.25, 0.3) is 5.91 Å². The molecule has 0 atom stereocenters. The van der Waals surface area contributed by atoms with Gasteiger partial charge < -0.3 is 19.3 Å². The van der Waals surface area contributed by atoms with Gasteiger partial charge in [-0.1, -0.05) is 17.4 Å². The Morgan fingerprint density at radius 3 is 2.41 bits per heavy atom. The Balaban J connectivity index is 1.47. The summed E-state index contributed by atoms with van der Waals surface area (Å²) >= 11 is 1.73. The third kappa shape index (κ3) is 3.74. The van der Waals surface area contributed by atoms with E-state index in [0.717, 1.165) is 23.7 Å². The molecule has 4 rings (SSSR count). The Bertz CT molecular complexity index is 1050. The SMILES string of the molecule is COc1ccc(C(=O)N2CCN(c3nc4c(C)cc(C)cc4s3)CC2)cc1OC. The molecular formula is C22H25N3O3S. The number of ether oxygens (including phenoxy) is 2. The van der Waals surface area contributed by atoms with Crippen molar-refractivity contribution in [3.63, 3.8) is 0 Å². The fraction of sp³-hybridized carbons (Fsp3) is 0.364. The summed E-state index contributed by atoms with van der Waals surface area (Å²) in [6.07, 6.45) is 0. The average Bonchev–Trinajstić information content (AvgIpc) is 3.17. The maximum Gasteiger partial charge on any atom is 0.254 e. The fourth-order valence-corrected chi connectivity index (χ4v) is 4.94. The van der Waals surface area contributed by atoms with Crippen LogP contribution in [0.2, 0.25) is 0 Å². The van der Waals surface area contributed by atoms with E-state index < -0.39 is 0 Å². The number of amides is 1. The number of aryl methyl sites for hydroxylation is 2. The molecule has 1 saturated heterocycles. The van der Waals surface area contributed by atoms with Crippen molar-refractivity contribution in [3.05, 3.63) is 47.0 Å². The van der Waals surface area contributed by atoms with Crippen molar-refractivity contribution in [2.24, 2.45) is 0 Å². The van der Waals surface area contributed by atoms with Gasteiger partial charge in [0, 0.05) is 31.7 Å². The minimum Gasteiger partial charge on any atom is -0.493 e. The number of carbonyl (C=O) groups excluding carboxylic acids is 1. The summed E-state index contributed by atoms with van der Waals surface area (Å²) in [6.45, 7) is 7.11. The van der Waals surface area contributed by atoms with Crippen molar-refractivity contribution >= 4 is 32.6 Å². The highest BCUT2D eigenvalue weighted by Gasteiger charge is 2.25. The van der Waals surface area contributed by atoms with Crippen LogP contribution >= 0.6 is 11.3 Å². The first kappa shape index (κ1) is 19.5.